The van der Waals surface area contributed by atoms with Gasteiger partial charge in [0.25, 0.3) is 0 Å². The summed E-state index contributed by atoms with van der Waals surface area (Å²) in [7, 11) is 0. The predicted molar refractivity (Wildman–Crippen MR) is 50.2 cm³/mol. The fraction of sp³-hybridized carbons (Fsp3) is 0.222. The maximum atomic E-state index is 10.4. The van der Waals surface area contributed by atoms with E-state index in [-0.39, 0.29) is 6.42 Å². The van der Waals surface area contributed by atoms with Crippen LogP contribution in [0.4, 0.5) is 0 Å². The number of carbonyl (C=O) groups is 1. The van der Waals surface area contributed by atoms with E-state index in [1.807, 2.05) is 0 Å². The van der Waals surface area contributed by atoms with Crippen LogP contribution >= 0.6 is 0 Å². The van der Waals surface area contributed by atoms with E-state index in [1.54, 1.807) is 16.8 Å². The number of aliphatic hydroxyl groups is 1. The molecule has 0 aliphatic heterocycles. The minimum absolute atomic E-state index is 0.337. The lowest BCUT2D eigenvalue weighted by Crippen LogP contribution is -2.07. The third-order valence-corrected chi connectivity index (χ3v) is 2.06. The van der Waals surface area contributed by atoms with Crippen LogP contribution in [0.1, 0.15) is 18.2 Å². The van der Waals surface area contributed by atoms with Gasteiger partial charge in [0.05, 0.1) is 24.5 Å². The zero-order valence-corrected chi connectivity index (χ0v) is 7.74. The number of aliphatic carboxylic acids is 1. The number of rotatable bonds is 3. The Morgan fingerprint density at radius 3 is 3.07 bits per heavy atom. The molecule has 0 radical (unpaired) electrons. The van der Waals surface area contributed by atoms with Crippen LogP contribution in [0, 0.1) is 0 Å². The Labute approximate surface area is 84.8 Å². The fourth-order valence-corrected chi connectivity index (χ4v) is 1.38. The summed E-state index contributed by atoms with van der Waals surface area (Å²) in [6.07, 6.45) is 4.77. The third kappa shape index (κ3) is 1.79. The van der Waals surface area contributed by atoms with E-state index in [1.165, 1.54) is 12.4 Å². The minimum Gasteiger partial charge on any atom is -0.481 e. The van der Waals surface area contributed by atoms with Crippen molar-refractivity contribution < 1.29 is 15.0 Å². The van der Waals surface area contributed by atoms with Crippen LogP contribution in [0.25, 0.3) is 5.65 Å². The smallest absolute Gasteiger partial charge is 0.306 e. The molecule has 0 bridgehead atoms. The molecule has 0 unspecified atom stereocenters. The first kappa shape index (κ1) is 9.60. The van der Waals surface area contributed by atoms with Gasteiger partial charge in [0.1, 0.15) is 6.10 Å². The lowest BCUT2D eigenvalue weighted by atomic mass is 10.2. The van der Waals surface area contributed by atoms with Crippen LogP contribution in [0.5, 0.6) is 0 Å². The molecule has 6 heteroatoms. The molecular weight excluding hydrogens is 198 g/mol. The molecule has 2 aromatic rings. The van der Waals surface area contributed by atoms with Gasteiger partial charge in [-0.2, -0.15) is 0 Å². The van der Waals surface area contributed by atoms with Crippen molar-refractivity contribution in [3.8, 4) is 0 Å². The number of aromatic nitrogens is 3. The highest BCUT2D eigenvalue weighted by Crippen LogP contribution is 2.17. The summed E-state index contributed by atoms with van der Waals surface area (Å²) < 4.78 is 1.61. The zero-order valence-electron chi connectivity index (χ0n) is 7.74. The van der Waals surface area contributed by atoms with Crippen molar-refractivity contribution >= 4 is 11.6 Å². The van der Waals surface area contributed by atoms with E-state index < -0.39 is 12.1 Å². The summed E-state index contributed by atoms with van der Waals surface area (Å²) in [5.74, 6) is -1.05. The molecule has 0 saturated carbocycles. The predicted octanol–water partition coefficient (Wildman–Crippen LogP) is 0.237. The first-order valence-corrected chi connectivity index (χ1v) is 4.35. The topological polar surface area (TPSA) is 87.7 Å². The third-order valence-electron chi connectivity index (χ3n) is 2.06. The molecule has 2 heterocycles. The normalized spacial score (nSPS) is 12.9. The molecule has 0 saturated heterocycles. The van der Waals surface area contributed by atoms with Crippen molar-refractivity contribution in [1.29, 1.82) is 0 Å². The van der Waals surface area contributed by atoms with Gasteiger partial charge in [-0.3, -0.25) is 14.2 Å². The van der Waals surface area contributed by atoms with Crippen LogP contribution in [0.3, 0.4) is 0 Å². The quantitative estimate of drug-likeness (QED) is 0.752. The summed E-state index contributed by atoms with van der Waals surface area (Å²) in [6, 6.07) is 0. The van der Waals surface area contributed by atoms with Crippen LogP contribution in [0.15, 0.2) is 24.8 Å². The van der Waals surface area contributed by atoms with E-state index in [0.29, 0.717) is 11.3 Å². The van der Waals surface area contributed by atoms with E-state index >= 15 is 0 Å². The second-order valence-electron chi connectivity index (χ2n) is 3.10. The zero-order chi connectivity index (χ0) is 10.8. The molecule has 2 rings (SSSR count). The molecule has 0 aromatic carbocycles. The van der Waals surface area contributed by atoms with Gasteiger partial charge in [-0.1, -0.05) is 0 Å². The van der Waals surface area contributed by atoms with Gasteiger partial charge in [-0.25, -0.2) is 4.98 Å². The first-order chi connectivity index (χ1) is 7.18. The second-order valence-corrected chi connectivity index (χ2v) is 3.10. The first-order valence-electron chi connectivity index (χ1n) is 4.35. The summed E-state index contributed by atoms with van der Waals surface area (Å²) in [5.41, 5.74) is 1.03. The molecule has 2 N–H and O–H groups in total. The minimum atomic E-state index is -1.06. The van der Waals surface area contributed by atoms with Crippen LogP contribution in [0.2, 0.25) is 0 Å². The van der Waals surface area contributed by atoms with E-state index in [0.717, 1.165) is 0 Å². The van der Waals surface area contributed by atoms with E-state index in [2.05, 4.69) is 9.97 Å². The van der Waals surface area contributed by atoms with Gasteiger partial charge in [-0.05, 0) is 0 Å². The highest BCUT2D eigenvalue weighted by Gasteiger charge is 2.16. The molecule has 6 nitrogen and oxygen atoms in total. The average Bonchev–Trinajstić information content (AvgIpc) is 2.59. The van der Waals surface area contributed by atoms with Crippen molar-refractivity contribution in [2.24, 2.45) is 0 Å². The molecule has 0 aliphatic rings. The number of imidazole rings is 1. The molecule has 15 heavy (non-hydrogen) atoms. The Morgan fingerprint density at radius 2 is 2.33 bits per heavy atom. The molecule has 0 fully saturated rings. The van der Waals surface area contributed by atoms with Gasteiger partial charge in [0.15, 0.2) is 5.65 Å². The number of aliphatic hydroxyl groups excluding tert-OH is 1. The van der Waals surface area contributed by atoms with Crippen molar-refractivity contribution in [1.82, 2.24) is 14.4 Å². The molecule has 1 atom stereocenters. The molecule has 0 amide bonds. The number of carboxylic acids is 1. The highest BCUT2D eigenvalue weighted by molar-refractivity contribution is 5.67. The Balaban J connectivity index is 2.39. The van der Waals surface area contributed by atoms with Gasteiger partial charge >= 0.3 is 5.97 Å². The monoisotopic (exact) mass is 207 g/mol. The Hall–Kier alpha value is -1.95. The lowest BCUT2D eigenvalue weighted by Gasteiger charge is -2.06. The standard InChI is InChI=1S/C9H9N3O3/c13-7(3-9(14)15)6-4-11-8-5-10-1-2-12(6)8/h1-2,4-5,7,13H,3H2,(H,14,15)/t7-/m0/s1. The number of hydrogen-bond acceptors (Lipinski definition) is 4. The van der Waals surface area contributed by atoms with Crippen LogP contribution in [-0.4, -0.2) is 30.6 Å². The van der Waals surface area contributed by atoms with Crippen molar-refractivity contribution in [3.63, 3.8) is 0 Å². The number of hydrogen-bond donors (Lipinski definition) is 2. The van der Waals surface area contributed by atoms with Crippen molar-refractivity contribution in [2.45, 2.75) is 12.5 Å². The molecular formula is C9H9N3O3. The Bertz CT molecular complexity index is 494. The molecule has 78 valence electrons. The second kappa shape index (κ2) is 3.66. The molecule has 2 aromatic heterocycles. The summed E-state index contributed by atoms with van der Waals surface area (Å²) in [4.78, 5) is 18.3. The summed E-state index contributed by atoms with van der Waals surface area (Å²) in [6.45, 7) is 0. The van der Waals surface area contributed by atoms with Crippen LogP contribution in [-0.2, 0) is 4.79 Å². The summed E-state index contributed by atoms with van der Waals surface area (Å²) >= 11 is 0. The lowest BCUT2D eigenvalue weighted by molar-refractivity contribution is -0.139. The summed E-state index contributed by atoms with van der Waals surface area (Å²) in [5, 5.41) is 18.2. The fourth-order valence-electron chi connectivity index (χ4n) is 1.38. The molecule has 0 spiro atoms. The maximum absolute atomic E-state index is 10.4. The Morgan fingerprint density at radius 1 is 1.53 bits per heavy atom. The van der Waals surface area contributed by atoms with Gasteiger partial charge in [0.2, 0.25) is 0 Å². The van der Waals surface area contributed by atoms with Gasteiger partial charge < -0.3 is 10.2 Å². The van der Waals surface area contributed by atoms with Crippen molar-refractivity contribution in [2.75, 3.05) is 0 Å². The van der Waals surface area contributed by atoms with Gasteiger partial charge in [-0.15, -0.1) is 0 Å². The number of carboxylic acid groups (broad SMARTS) is 1. The van der Waals surface area contributed by atoms with Gasteiger partial charge in [0, 0.05) is 12.4 Å². The number of nitrogens with zero attached hydrogens (tertiary/aromatic N) is 3. The Kier molecular flexibility index (Phi) is 2.34. The van der Waals surface area contributed by atoms with E-state index in [9.17, 15) is 9.90 Å². The highest BCUT2D eigenvalue weighted by atomic mass is 16.4. The van der Waals surface area contributed by atoms with E-state index in [4.69, 9.17) is 5.11 Å². The number of fused-ring (bicyclic) bond motifs is 1. The molecule has 0 aliphatic carbocycles. The van der Waals surface area contributed by atoms with Crippen LogP contribution < -0.4 is 0 Å². The van der Waals surface area contributed by atoms with Crippen molar-refractivity contribution in [3.05, 3.63) is 30.5 Å². The average molecular weight is 207 g/mol. The SMILES string of the molecule is O=C(O)C[C@H](O)c1cnc2cnccn12. The maximum Gasteiger partial charge on any atom is 0.306 e. The largest absolute Gasteiger partial charge is 0.481 e.